The first-order valence-corrected chi connectivity index (χ1v) is 8.15. The van der Waals surface area contributed by atoms with Crippen LogP contribution in [0.2, 0.25) is 0 Å². The molecule has 0 aromatic heterocycles. The number of ether oxygens (including phenoxy) is 3. The van der Waals surface area contributed by atoms with Crippen molar-refractivity contribution in [2.75, 3.05) is 13.7 Å². The van der Waals surface area contributed by atoms with E-state index in [1.165, 1.54) is 13.3 Å². The number of rotatable bonds is 4. The van der Waals surface area contributed by atoms with E-state index >= 15 is 0 Å². The maximum Gasteiger partial charge on any atom is 0.284 e. The minimum Gasteiger partial charge on any atom is -0.503 e. The number of benzene rings is 2. The highest BCUT2D eigenvalue weighted by molar-refractivity contribution is 9.10. The third-order valence-corrected chi connectivity index (χ3v) is 4.06. The minimum atomic E-state index is -0.784. The molecule has 2 aromatic rings. The number of nitrogens with one attached hydrogen (secondary N) is 1. The Kier molecular flexibility index (Phi) is 5.08. The number of halogens is 1. The summed E-state index contributed by atoms with van der Waals surface area (Å²) in [6, 6.07) is 10.4. The molecule has 0 bridgehead atoms. The standard InChI is InChI=1S/C17H15BrN2O5/c1-23-14-7-10(6-11(18)16(14)21)8-19-20-17(22)15-9-24-12-4-2-3-5-13(12)25-15/h2-8,15,21H,9H2,1H3,(H,20,22)/b19-8+. The van der Waals surface area contributed by atoms with Crippen molar-refractivity contribution in [3.05, 3.63) is 46.4 Å². The van der Waals surface area contributed by atoms with Crippen LogP contribution in [0.25, 0.3) is 0 Å². The molecule has 0 saturated carbocycles. The summed E-state index contributed by atoms with van der Waals surface area (Å²) >= 11 is 3.22. The van der Waals surface area contributed by atoms with Crippen molar-refractivity contribution in [2.24, 2.45) is 5.10 Å². The number of nitrogens with zero attached hydrogens (tertiary/aromatic N) is 1. The molecule has 1 aliphatic rings. The molecule has 0 spiro atoms. The van der Waals surface area contributed by atoms with Crippen molar-refractivity contribution < 1.29 is 24.1 Å². The molecule has 7 nitrogen and oxygen atoms in total. The van der Waals surface area contributed by atoms with Crippen molar-refractivity contribution in [1.29, 1.82) is 0 Å². The summed E-state index contributed by atoms with van der Waals surface area (Å²) < 4.78 is 16.6. The van der Waals surface area contributed by atoms with Gasteiger partial charge < -0.3 is 19.3 Å². The minimum absolute atomic E-state index is 0.00453. The maximum atomic E-state index is 12.1. The van der Waals surface area contributed by atoms with Crippen LogP contribution in [-0.4, -0.2) is 37.0 Å². The molecule has 1 unspecified atom stereocenters. The van der Waals surface area contributed by atoms with Gasteiger partial charge in [-0.3, -0.25) is 4.79 Å². The number of carbonyl (C=O) groups excluding carboxylic acids is 1. The van der Waals surface area contributed by atoms with Gasteiger partial charge in [0.15, 0.2) is 23.0 Å². The van der Waals surface area contributed by atoms with Gasteiger partial charge in [0.1, 0.15) is 6.61 Å². The molecule has 1 heterocycles. The molecule has 8 heteroatoms. The van der Waals surface area contributed by atoms with Gasteiger partial charge in [0.05, 0.1) is 17.8 Å². The predicted molar refractivity (Wildman–Crippen MR) is 94.4 cm³/mol. The number of phenolic OH excluding ortho intramolecular Hbond substituents is 1. The van der Waals surface area contributed by atoms with Gasteiger partial charge in [0, 0.05) is 0 Å². The second-order valence-corrected chi connectivity index (χ2v) is 6.01. The Hall–Kier alpha value is -2.74. The van der Waals surface area contributed by atoms with Gasteiger partial charge in [-0.1, -0.05) is 12.1 Å². The number of fused-ring (bicyclic) bond motifs is 1. The molecule has 2 N–H and O–H groups in total. The van der Waals surface area contributed by atoms with Gasteiger partial charge in [-0.2, -0.15) is 5.10 Å². The van der Waals surface area contributed by atoms with E-state index < -0.39 is 12.0 Å². The summed E-state index contributed by atoms with van der Waals surface area (Å²) in [5.41, 5.74) is 3.04. The molecule has 130 valence electrons. The van der Waals surface area contributed by atoms with E-state index in [4.69, 9.17) is 14.2 Å². The Bertz CT molecular complexity index is 825. The van der Waals surface area contributed by atoms with Crippen LogP contribution in [0, 0.1) is 0 Å². The SMILES string of the molecule is COc1cc(/C=N/NC(=O)C2COc3ccccc3O2)cc(Br)c1O. The van der Waals surface area contributed by atoms with Crippen molar-refractivity contribution >= 4 is 28.1 Å². The van der Waals surface area contributed by atoms with E-state index in [1.54, 1.807) is 30.3 Å². The fraction of sp³-hybridized carbons (Fsp3) is 0.176. The fourth-order valence-corrected chi connectivity index (χ4v) is 2.67. The average Bonchev–Trinajstić information content (AvgIpc) is 2.63. The number of phenols is 1. The lowest BCUT2D eigenvalue weighted by Crippen LogP contribution is -2.42. The zero-order chi connectivity index (χ0) is 17.8. The van der Waals surface area contributed by atoms with E-state index in [0.29, 0.717) is 27.3 Å². The molecule has 0 aliphatic carbocycles. The van der Waals surface area contributed by atoms with Crippen molar-refractivity contribution in [3.63, 3.8) is 0 Å². The van der Waals surface area contributed by atoms with Gasteiger partial charge >= 0.3 is 0 Å². The third-order valence-electron chi connectivity index (χ3n) is 3.46. The van der Waals surface area contributed by atoms with Crippen LogP contribution >= 0.6 is 15.9 Å². The quantitative estimate of drug-likeness (QED) is 0.601. The second-order valence-electron chi connectivity index (χ2n) is 5.15. The highest BCUT2D eigenvalue weighted by atomic mass is 79.9. The number of hydrogen-bond donors (Lipinski definition) is 2. The van der Waals surface area contributed by atoms with E-state index in [0.717, 1.165) is 0 Å². The zero-order valence-electron chi connectivity index (χ0n) is 13.2. The van der Waals surface area contributed by atoms with Crippen molar-refractivity contribution in [3.8, 4) is 23.0 Å². The number of hydrogen-bond acceptors (Lipinski definition) is 6. The largest absolute Gasteiger partial charge is 0.503 e. The summed E-state index contributed by atoms with van der Waals surface area (Å²) in [5.74, 6) is 0.995. The normalized spacial score (nSPS) is 15.8. The lowest BCUT2D eigenvalue weighted by Gasteiger charge is -2.24. The van der Waals surface area contributed by atoms with Gasteiger partial charge in [0.25, 0.3) is 5.91 Å². The van der Waals surface area contributed by atoms with Gasteiger partial charge in [0.2, 0.25) is 6.10 Å². The van der Waals surface area contributed by atoms with E-state index in [2.05, 4.69) is 26.5 Å². The van der Waals surface area contributed by atoms with Crippen LogP contribution in [-0.2, 0) is 4.79 Å². The van der Waals surface area contributed by atoms with Crippen LogP contribution in [0.3, 0.4) is 0 Å². The topological polar surface area (TPSA) is 89.4 Å². The molecule has 2 aromatic carbocycles. The maximum absolute atomic E-state index is 12.1. The monoisotopic (exact) mass is 406 g/mol. The Morgan fingerprint density at radius 2 is 2.16 bits per heavy atom. The Morgan fingerprint density at radius 1 is 1.40 bits per heavy atom. The summed E-state index contributed by atoms with van der Waals surface area (Å²) in [6.45, 7) is 0.108. The molecule has 0 radical (unpaired) electrons. The molecule has 1 atom stereocenters. The summed E-state index contributed by atoms with van der Waals surface area (Å²) in [6.07, 6.45) is 0.649. The predicted octanol–water partition coefficient (Wildman–Crippen LogP) is 2.45. The molecule has 0 saturated heterocycles. The Balaban J connectivity index is 1.63. The molecule has 0 fully saturated rings. The van der Waals surface area contributed by atoms with Crippen molar-refractivity contribution in [2.45, 2.75) is 6.10 Å². The van der Waals surface area contributed by atoms with Crippen molar-refractivity contribution in [1.82, 2.24) is 5.43 Å². The summed E-state index contributed by atoms with van der Waals surface area (Å²) in [5, 5.41) is 13.7. The number of carbonyl (C=O) groups is 1. The summed E-state index contributed by atoms with van der Waals surface area (Å²) in [4.78, 5) is 12.1. The average molecular weight is 407 g/mol. The first-order valence-electron chi connectivity index (χ1n) is 7.36. The lowest BCUT2D eigenvalue weighted by atomic mass is 10.2. The number of hydrazone groups is 1. The Morgan fingerprint density at radius 3 is 2.92 bits per heavy atom. The highest BCUT2D eigenvalue weighted by Gasteiger charge is 2.26. The van der Waals surface area contributed by atoms with Crippen LogP contribution in [0.15, 0.2) is 46.0 Å². The van der Waals surface area contributed by atoms with Crippen LogP contribution in [0.4, 0.5) is 0 Å². The van der Waals surface area contributed by atoms with Crippen LogP contribution in [0.5, 0.6) is 23.0 Å². The lowest BCUT2D eigenvalue weighted by molar-refractivity contribution is -0.130. The van der Waals surface area contributed by atoms with Gasteiger partial charge in [-0.15, -0.1) is 0 Å². The smallest absolute Gasteiger partial charge is 0.284 e. The van der Waals surface area contributed by atoms with Crippen LogP contribution < -0.4 is 19.6 Å². The second kappa shape index (κ2) is 7.43. The number of amides is 1. The summed E-state index contributed by atoms with van der Waals surface area (Å²) in [7, 11) is 1.45. The first kappa shape index (κ1) is 17.1. The van der Waals surface area contributed by atoms with E-state index in [1.807, 2.05) is 6.07 Å². The Labute approximate surface area is 152 Å². The molecule has 3 rings (SSSR count). The highest BCUT2D eigenvalue weighted by Crippen LogP contribution is 2.34. The van der Waals surface area contributed by atoms with E-state index in [-0.39, 0.29) is 12.4 Å². The van der Waals surface area contributed by atoms with Gasteiger partial charge in [-0.25, -0.2) is 5.43 Å². The third kappa shape index (κ3) is 3.85. The molecule has 1 aliphatic heterocycles. The zero-order valence-corrected chi connectivity index (χ0v) is 14.8. The molecule has 1 amide bonds. The number of para-hydroxylation sites is 2. The first-order chi connectivity index (χ1) is 12.1. The molecule has 25 heavy (non-hydrogen) atoms. The number of methoxy groups -OCH3 is 1. The van der Waals surface area contributed by atoms with E-state index in [9.17, 15) is 9.90 Å². The van der Waals surface area contributed by atoms with Gasteiger partial charge in [-0.05, 0) is 45.8 Å². The molecular formula is C17H15BrN2O5. The van der Waals surface area contributed by atoms with Crippen LogP contribution in [0.1, 0.15) is 5.56 Å². The fourth-order valence-electron chi connectivity index (χ4n) is 2.22. The molecular weight excluding hydrogens is 392 g/mol. The number of aromatic hydroxyl groups is 1.